The number of halogens is 3. The summed E-state index contributed by atoms with van der Waals surface area (Å²) in [7, 11) is 0. The summed E-state index contributed by atoms with van der Waals surface area (Å²) in [5.41, 5.74) is 5.84. The molecule has 0 radical (unpaired) electrons. The molecule has 0 aliphatic carbocycles. The molecule has 150 valence electrons. The van der Waals surface area contributed by atoms with E-state index in [1.165, 1.54) is 16.7 Å². The lowest BCUT2D eigenvalue weighted by Crippen LogP contribution is -2.21. The van der Waals surface area contributed by atoms with E-state index < -0.39 is 12.1 Å². The number of H-pyrrole nitrogens is 1. The van der Waals surface area contributed by atoms with Crippen LogP contribution in [-0.4, -0.2) is 33.8 Å². The van der Waals surface area contributed by atoms with Crippen molar-refractivity contribution >= 4 is 17.0 Å². The first-order valence-corrected chi connectivity index (χ1v) is 8.70. The van der Waals surface area contributed by atoms with Crippen molar-refractivity contribution in [2.45, 2.75) is 26.6 Å². The molecule has 0 fully saturated rings. The normalized spacial score (nSPS) is 11.4. The van der Waals surface area contributed by atoms with Gasteiger partial charge in [0.05, 0.1) is 17.4 Å². The van der Waals surface area contributed by atoms with Crippen LogP contribution >= 0.6 is 0 Å². The van der Waals surface area contributed by atoms with E-state index in [1.807, 2.05) is 0 Å². The Morgan fingerprint density at radius 3 is 2.32 bits per heavy atom. The average Bonchev–Trinajstić information content (AvgIpc) is 3.09. The SMILES string of the molecule is CC(C)CNCc1ccc(-c2ccc3[nH]cnc3c2)cc1.O=C(O)C(F)(F)F. The number of carboxylic acid groups (broad SMARTS) is 1. The van der Waals surface area contributed by atoms with Gasteiger partial charge in [-0.15, -0.1) is 0 Å². The number of aromatic amines is 1. The van der Waals surface area contributed by atoms with Crippen LogP contribution in [0.15, 0.2) is 48.8 Å². The van der Waals surface area contributed by atoms with Crippen molar-refractivity contribution in [1.29, 1.82) is 0 Å². The molecular weight excluding hydrogens is 371 g/mol. The van der Waals surface area contributed by atoms with E-state index >= 15 is 0 Å². The van der Waals surface area contributed by atoms with Crippen LogP contribution in [0.5, 0.6) is 0 Å². The minimum absolute atomic E-state index is 0.685. The first-order valence-electron chi connectivity index (χ1n) is 8.70. The van der Waals surface area contributed by atoms with Crippen molar-refractivity contribution in [3.8, 4) is 11.1 Å². The first kappa shape index (κ1) is 21.4. The van der Waals surface area contributed by atoms with Crippen LogP contribution in [-0.2, 0) is 11.3 Å². The lowest BCUT2D eigenvalue weighted by Gasteiger charge is -2.08. The third-order valence-electron chi connectivity index (χ3n) is 3.83. The number of nitrogens with zero attached hydrogens (tertiary/aromatic N) is 1. The van der Waals surface area contributed by atoms with Gasteiger partial charge >= 0.3 is 12.1 Å². The van der Waals surface area contributed by atoms with Crippen LogP contribution < -0.4 is 5.32 Å². The predicted molar refractivity (Wildman–Crippen MR) is 102 cm³/mol. The predicted octanol–water partition coefficient (Wildman–Crippen LogP) is 4.61. The summed E-state index contributed by atoms with van der Waals surface area (Å²) < 4.78 is 31.7. The fourth-order valence-corrected chi connectivity index (χ4v) is 2.43. The molecule has 28 heavy (non-hydrogen) atoms. The van der Waals surface area contributed by atoms with Crippen molar-refractivity contribution in [2.24, 2.45) is 5.92 Å². The van der Waals surface area contributed by atoms with Gasteiger partial charge in [0.1, 0.15) is 0 Å². The summed E-state index contributed by atoms with van der Waals surface area (Å²) in [5, 5.41) is 10.6. The Hall–Kier alpha value is -2.87. The summed E-state index contributed by atoms with van der Waals surface area (Å²) in [6.45, 7) is 6.43. The zero-order valence-corrected chi connectivity index (χ0v) is 15.5. The van der Waals surface area contributed by atoms with Crippen LogP contribution in [0.2, 0.25) is 0 Å². The number of hydrogen-bond donors (Lipinski definition) is 3. The summed E-state index contributed by atoms with van der Waals surface area (Å²) in [6, 6.07) is 15.1. The number of aliphatic carboxylic acids is 1. The van der Waals surface area contributed by atoms with Gasteiger partial charge in [0.2, 0.25) is 0 Å². The van der Waals surface area contributed by atoms with E-state index in [0.717, 1.165) is 24.1 Å². The Kier molecular flexibility index (Phi) is 7.17. The molecule has 0 unspecified atom stereocenters. The quantitative estimate of drug-likeness (QED) is 0.592. The number of carbonyl (C=O) groups is 1. The summed E-state index contributed by atoms with van der Waals surface area (Å²) in [4.78, 5) is 16.3. The number of nitrogens with one attached hydrogen (secondary N) is 2. The fourth-order valence-electron chi connectivity index (χ4n) is 2.43. The van der Waals surface area contributed by atoms with Crippen LogP contribution in [0.25, 0.3) is 22.2 Å². The second kappa shape index (κ2) is 9.36. The first-order chi connectivity index (χ1) is 13.2. The molecule has 3 rings (SSSR count). The van der Waals surface area contributed by atoms with Crippen molar-refractivity contribution in [2.75, 3.05) is 6.54 Å². The molecule has 0 aliphatic rings. The Morgan fingerprint density at radius 2 is 1.75 bits per heavy atom. The number of carboxylic acids is 1. The maximum absolute atomic E-state index is 10.6. The smallest absolute Gasteiger partial charge is 0.475 e. The Labute approximate surface area is 160 Å². The van der Waals surface area contributed by atoms with E-state index in [-0.39, 0.29) is 0 Å². The fraction of sp³-hybridized carbons (Fsp3) is 0.300. The number of alkyl halides is 3. The van der Waals surface area contributed by atoms with Gasteiger partial charge < -0.3 is 15.4 Å². The Morgan fingerprint density at radius 1 is 1.14 bits per heavy atom. The minimum Gasteiger partial charge on any atom is -0.475 e. The van der Waals surface area contributed by atoms with Crippen LogP contribution in [0.4, 0.5) is 13.2 Å². The third-order valence-corrected chi connectivity index (χ3v) is 3.83. The zero-order valence-electron chi connectivity index (χ0n) is 15.5. The van der Waals surface area contributed by atoms with Gasteiger partial charge in [-0.2, -0.15) is 13.2 Å². The van der Waals surface area contributed by atoms with Crippen molar-refractivity contribution in [3.05, 3.63) is 54.4 Å². The molecule has 0 bridgehead atoms. The lowest BCUT2D eigenvalue weighted by molar-refractivity contribution is -0.192. The van der Waals surface area contributed by atoms with Crippen molar-refractivity contribution in [1.82, 2.24) is 15.3 Å². The van der Waals surface area contributed by atoms with E-state index in [2.05, 4.69) is 71.6 Å². The van der Waals surface area contributed by atoms with Gasteiger partial charge in [-0.05, 0) is 41.3 Å². The maximum atomic E-state index is 10.6. The van der Waals surface area contributed by atoms with Gasteiger partial charge in [0.25, 0.3) is 0 Å². The number of hydrogen-bond acceptors (Lipinski definition) is 3. The van der Waals surface area contributed by atoms with Gasteiger partial charge in [-0.3, -0.25) is 0 Å². The van der Waals surface area contributed by atoms with Crippen LogP contribution in [0, 0.1) is 5.92 Å². The number of benzene rings is 2. The molecule has 5 nitrogen and oxygen atoms in total. The molecular formula is C20H22F3N3O2. The number of fused-ring (bicyclic) bond motifs is 1. The average molecular weight is 393 g/mol. The zero-order chi connectivity index (χ0) is 20.7. The van der Waals surface area contributed by atoms with E-state index in [0.29, 0.717) is 5.92 Å². The highest BCUT2D eigenvalue weighted by Crippen LogP contribution is 2.23. The van der Waals surface area contributed by atoms with Crippen LogP contribution in [0.1, 0.15) is 19.4 Å². The Bertz CT molecular complexity index is 903. The number of imidazole rings is 1. The van der Waals surface area contributed by atoms with E-state index in [9.17, 15) is 13.2 Å². The van der Waals surface area contributed by atoms with Gasteiger partial charge in [0.15, 0.2) is 0 Å². The van der Waals surface area contributed by atoms with Gasteiger partial charge in [-0.25, -0.2) is 9.78 Å². The molecule has 0 atom stereocenters. The molecule has 8 heteroatoms. The standard InChI is InChI=1S/C18H21N3.C2HF3O2/c1-13(2)10-19-11-14-3-5-15(6-4-14)16-7-8-17-18(9-16)21-12-20-17;3-2(4,5)1(6)7/h3-9,12-13,19H,10-11H2,1-2H3,(H,20,21);(H,6,7). The van der Waals surface area contributed by atoms with E-state index in [1.54, 1.807) is 6.33 Å². The lowest BCUT2D eigenvalue weighted by atomic mass is 10.0. The second-order valence-electron chi connectivity index (χ2n) is 6.66. The van der Waals surface area contributed by atoms with Gasteiger partial charge in [0, 0.05) is 6.54 Å². The summed E-state index contributed by atoms with van der Waals surface area (Å²) >= 11 is 0. The number of rotatable bonds is 5. The van der Waals surface area contributed by atoms with Crippen molar-refractivity contribution < 1.29 is 23.1 Å². The Balaban J connectivity index is 0.000000345. The molecule has 3 N–H and O–H groups in total. The minimum atomic E-state index is -5.08. The number of aromatic nitrogens is 2. The molecule has 1 aromatic heterocycles. The maximum Gasteiger partial charge on any atom is 0.490 e. The summed E-state index contributed by atoms with van der Waals surface area (Å²) in [5.74, 6) is -2.07. The highest BCUT2D eigenvalue weighted by Gasteiger charge is 2.38. The van der Waals surface area contributed by atoms with Gasteiger partial charge in [-0.1, -0.05) is 44.2 Å². The molecule has 0 saturated heterocycles. The topological polar surface area (TPSA) is 78.0 Å². The molecule has 1 heterocycles. The summed E-state index contributed by atoms with van der Waals surface area (Å²) in [6.07, 6.45) is -3.35. The molecule has 0 saturated carbocycles. The van der Waals surface area contributed by atoms with Crippen LogP contribution in [0.3, 0.4) is 0 Å². The third kappa shape index (κ3) is 6.38. The highest BCUT2D eigenvalue weighted by molar-refractivity contribution is 5.81. The van der Waals surface area contributed by atoms with Crippen molar-refractivity contribution in [3.63, 3.8) is 0 Å². The van der Waals surface area contributed by atoms with E-state index in [4.69, 9.17) is 9.90 Å². The molecule has 3 aromatic rings. The molecule has 0 aliphatic heterocycles. The second-order valence-corrected chi connectivity index (χ2v) is 6.66. The monoisotopic (exact) mass is 393 g/mol. The molecule has 0 spiro atoms. The highest BCUT2D eigenvalue weighted by atomic mass is 19.4. The molecule has 2 aromatic carbocycles. The molecule has 0 amide bonds. The largest absolute Gasteiger partial charge is 0.490 e.